The number of aromatic nitrogens is 1. The van der Waals surface area contributed by atoms with Gasteiger partial charge in [0.05, 0.1) is 0 Å². The average molecular weight is 341 g/mol. The van der Waals surface area contributed by atoms with Crippen LogP contribution in [0.2, 0.25) is 0 Å². The van der Waals surface area contributed by atoms with Crippen LogP contribution in [0.25, 0.3) is 0 Å². The van der Waals surface area contributed by atoms with Crippen molar-refractivity contribution in [3.05, 3.63) is 33.6 Å². The van der Waals surface area contributed by atoms with Crippen LogP contribution in [0.1, 0.15) is 9.67 Å². The molecular weight excluding hydrogens is 328 g/mol. The summed E-state index contributed by atoms with van der Waals surface area (Å²) in [6, 6.07) is 7.34. The highest BCUT2D eigenvalue weighted by Gasteiger charge is 2.17. The number of carbonyl (C=O) groups excluding carboxylic acids is 1. The summed E-state index contributed by atoms with van der Waals surface area (Å²) in [6.07, 6.45) is 0. The third kappa shape index (κ3) is 3.24. The molecule has 19 heavy (non-hydrogen) atoms. The van der Waals surface area contributed by atoms with E-state index in [4.69, 9.17) is 5.73 Å². The van der Waals surface area contributed by atoms with Gasteiger partial charge >= 0.3 is 0 Å². The molecule has 0 bridgehead atoms. The fourth-order valence-electron chi connectivity index (χ4n) is 1.40. The highest BCUT2D eigenvalue weighted by Crippen LogP contribution is 2.27. The van der Waals surface area contributed by atoms with Crippen LogP contribution in [0.4, 0.5) is 16.6 Å². The number of carbonyl (C=O) groups is 1. The summed E-state index contributed by atoms with van der Waals surface area (Å²) in [6.45, 7) is 0. The molecule has 1 aromatic heterocycles. The van der Waals surface area contributed by atoms with Gasteiger partial charge in [-0.05, 0) is 24.3 Å². The molecule has 0 radical (unpaired) electrons. The van der Waals surface area contributed by atoms with E-state index < -0.39 is 0 Å². The van der Waals surface area contributed by atoms with Crippen molar-refractivity contribution in [1.29, 1.82) is 0 Å². The Labute approximate surface area is 123 Å². The summed E-state index contributed by atoms with van der Waals surface area (Å²) in [5, 5.41) is 3.50. The van der Waals surface area contributed by atoms with E-state index in [0.29, 0.717) is 15.7 Å². The summed E-state index contributed by atoms with van der Waals surface area (Å²) in [4.78, 5) is 18.5. The topological polar surface area (TPSA) is 71.2 Å². The second-order valence-electron chi connectivity index (χ2n) is 4.07. The summed E-state index contributed by atoms with van der Waals surface area (Å²) >= 11 is 4.61. The molecule has 0 spiro atoms. The molecule has 0 unspecified atom stereocenters. The van der Waals surface area contributed by atoms with Crippen molar-refractivity contribution in [3.8, 4) is 0 Å². The van der Waals surface area contributed by atoms with E-state index in [0.717, 1.165) is 4.47 Å². The SMILES string of the molecule is CN(C)c1nc(N)c(C(=O)Nc2ccc(Br)cc2)s1. The number of benzene rings is 1. The predicted molar refractivity (Wildman–Crippen MR) is 82.9 cm³/mol. The fourth-order valence-corrected chi connectivity index (χ4v) is 2.46. The van der Waals surface area contributed by atoms with Crippen molar-refractivity contribution in [2.45, 2.75) is 0 Å². The van der Waals surface area contributed by atoms with Gasteiger partial charge in [0.25, 0.3) is 5.91 Å². The molecule has 1 aromatic carbocycles. The number of amides is 1. The second kappa shape index (κ2) is 5.58. The van der Waals surface area contributed by atoms with Crippen molar-refractivity contribution in [2.24, 2.45) is 0 Å². The lowest BCUT2D eigenvalue weighted by atomic mass is 10.3. The zero-order valence-corrected chi connectivity index (χ0v) is 12.9. The Morgan fingerprint density at radius 2 is 2.00 bits per heavy atom. The zero-order chi connectivity index (χ0) is 14.0. The fraction of sp³-hybridized carbons (Fsp3) is 0.167. The van der Waals surface area contributed by atoms with Crippen LogP contribution in [0.3, 0.4) is 0 Å². The second-order valence-corrected chi connectivity index (χ2v) is 5.96. The number of rotatable bonds is 3. The highest BCUT2D eigenvalue weighted by molar-refractivity contribution is 9.10. The van der Waals surface area contributed by atoms with Gasteiger partial charge in [-0.2, -0.15) is 0 Å². The summed E-state index contributed by atoms with van der Waals surface area (Å²) in [5.41, 5.74) is 6.48. The van der Waals surface area contributed by atoms with E-state index in [-0.39, 0.29) is 11.7 Å². The number of nitrogens with zero attached hydrogens (tertiary/aromatic N) is 2. The Balaban J connectivity index is 2.18. The van der Waals surface area contributed by atoms with Crippen molar-refractivity contribution in [2.75, 3.05) is 30.0 Å². The minimum absolute atomic E-state index is 0.245. The number of hydrogen-bond donors (Lipinski definition) is 2. The molecule has 0 aliphatic rings. The van der Waals surface area contributed by atoms with E-state index >= 15 is 0 Å². The van der Waals surface area contributed by atoms with Crippen molar-refractivity contribution in [1.82, 2.24) is 4.98 Å². The lowest BCUT2D eigenvalue weighted by Crippen LogP contribution is -2.12. The molecule has 0 aliphatic heterocycles. The first-order chi connectivity index (χ1) is 8.97. The summed E-state index contributed by atoms with van der Waals surface area (Å²) in [5.74, 6) is 0.00809. The first-order valence-corrected chi connectivity index (χ1v) is 7.09. The number of nitrogens with two attached hydrogens (primary N) is 1. The van der Waals surface area contributed by atoms with E-state index in [1.165, 1.54) is 11.3 Å². The lowest BCUT2D eigenvalue weighted by Gasteiger charge is -2.05. The molecule has 0 fully saturated rings. The third-order valence-corrected chi connectivity index (χ3v) is 4.10. The van der Waals surface area contributed by atoms with Crippen LogP contribution in [0.5, 0.6) is 0 Å². The van der Waals surface area contributed by atoms with Crippen molar-refractivity contribution >= 4 is 49.8 Å². The molecular formula is C12H13BrN4OS. The highest BCUT2D eigenvalue weighted by atomic mass is 79.9. The summed E-state index contributed by atoms with van der Waals surface area (Å²) in [7, 11) is 3.71. The van der Waals surface area contributed by atoms with Gasteiger partial charge in [0.1, 0.15) is 10.7 Å². The summed E-state index contributed by atoms with van der Waals surface area (Å²) < 4.78 is 0.956. The Hall–Kier alpha value is -1.60. The third-order valence-electron chi connectivity index (χ3n) is 2.33. The maximum Gasteiger partial charge on any atom is 0.269 e. The predicted octanol–water partition coefficient (Wildman–Crippen LogP) is 2.81. The minimum atomic E-state index is -0.245. The number of nitrogens with one attached hydrogen (secondary N) is 1. The van der Waals surface area contributed by atoms with Crippen LogP contribution in [0, 0.1) is 0 Å². The number of hydrogen-bond acceptors (Lipinski definition) is 5. The van der Waals surface area contributed by atoms with Gasteiger partial charge in [0, 0.05) is 24.3 Å². The average Bonchev–Trinajstić information content (AvgIpc) is 2.74. The first-order valence-electron chi connectivity index (χ1n) is 5.48. The van der Waals surface area contributed by atoms with Crippen LogP contribution in [0.15, 0.2) is 28.7 Å². The monoisotopic (exact) mass is 340 g/mol. The Bertz CT molecular complexity index is 594. The first kappa shape index (κ1) is 13.8. The molecule has 100 valence electrons. The normalized spacial score (nSPS) is 10.3. The molecule has 0 atom stereocenters. The van der Waals surface area contributed by atoms with Crippen LogP contribution >= 0.6 is 27.3 Å². The van der Waals surface area contributed by atoms with Gasteiger partial charge in [-0.3, -0.25) is 4.79 Å². The van der Waals surface area contributed by atoms with Crippen LogP contribution in [-0.4, -0.2) is 25.0 Å². The van der Waals surface area contributed by atoms with Gasteiger partial charge < -0.3 is 16.0 Å². The largest absolute Gasteiger partial charge is 0.382 e. The molecule has 1 heterocycles. The number of anilines is 3. The number of thiazole rings is 1. The molecule has 2 aromatic rings. The Morgan fingerprint density at radius 3 is 2.53 bits per heavy atom. The zero-order valence-electron chi connectivity index (χ0n) is 10.5. The van der Waals surface area contributed by atoms with Gasteiger partial charge in [-0.1, -0.05) is 27.3 Å². The van der Waals surface area contributed by atoms with Crippen molar-refractivity contribution < 1.29 is 4.79 Å². The molecule has 5 nitrogen and oxygen atoms in total. The van der Waals surface area contributed by atoms with E-state index in [2.05, 4.69) is 26.2 Å². The molecule has 3 N–H and O–H groups in total. The lowest BCUT2D eigenvalue weighted by molar-refractivity contribution is 0.103. The minimum Gasteiger partial charge on any atom is -0.382 e. The smallest absolute Gasteiger partial charge is 0.269 e. The molecule has 0 saturated carbocycles. The Morgan fingerprint density at radius 1 is 1.37 bits per heavy atom. The van der Waals surface area contributed by atoms with Crippen LogP contribution < -0.4 is 16.0 Å². The maximum absolute atomic E-state index is 12.1. The number of nitrogen functional groups attached to an aromatic ring is 1. The van der Waals surface area contributed by atoms with Gasteiger partial charge in [0.15, 0.2) is 5.13 Å². The van der Waals surface area contributed by atoms with E-state index in [9.17, 15) is 4.79 Å². The molecule has 7 heteroatoms. The molecule has 1 amide bonds. The standard InChI is InChI=1S/C12H13BrN4OS/c1-17(2)12-16-10(14)9(19-12)11(18)15-8-5-3-7(13)4-6-8/h3-6H,14H2,1-2H3,(H,15,18). The van der Waals surface area contributed by atoms with Gasteiger partial charge in [-0.25, -0.2) is 4.98 Å². The van der Waals surface area contributed by atoms with E-state index in [1.54, 1.807) is 0 Å². The van der Waals surface area contributed by atoms with Gasteiger partial charge in [-0.15, -0.1) is 0 Å². The molecule has 0 saturated heterocycles. The molecule has 2 rings (SSSR count). The number of halogens is 1. The van der Waals surface area contributed by atoms with E-state index in [1.807, 2.05) is 43.3 Å². The van der Waals surface area contributed by atoms with Crippen LogP contribution in [-0.2, 0) is 0 Å². The molecule has 0 aliphatic carbocycles. The van der Waals surface area contributed by atoms with Gasteiger partial charge in [0.2, 0.25) is 0 Å². The Kier molecular flexibility index (Phi) is 4.06. The maximum atomic E-state index is 12.1. The quantitative estimate of drug-likeness (QED) is 0.901. The van der Waals surface area contributed by atoms with Crippen molar-refractivity contribution in [3.63, 3.8) is 0 Å².